The molecule has 0 bridgehead atoms. The van der Waals surface area contributed by atoms with Gasteiger partial charge in [-0.3, -0.25) is 23.6 Å². The number of alkyl halides is 1. The van der Waals surface area contributed by atoms with Gasteiger partial charge in [0.25, 0.3) is 11.1 Å². The van der Waals surface area contributed by atoms with Crippen molar-refractivity contribution in [3.05, 3.63) is 129 Å². The lowest BCUT2D eigenvalue weighted by molar-refractivity contribution is 0.226. The number of rotatable bonds is 9. The Morgan fingerprint density at radius 1 is 0.582 bits per heavy atom. The lowest BCUT2D eigenvalue weighted by Gasteiger charge is -2.28. The largest absolute Gasteiger partial charge is 0.492 e. The van der Waals surface area contributed by atoms with E-state index in [2.05, 4.69) is 41.8 Å². The molecule has 6 aromatic rings. The van der Waals surface area contributed by atoms with Crippen molar-refractivity contribution in [3.63, 3.8) is 0 Å². The van der Waals surface area contributed by atoms with Crippen LogP contribution in [0.1, 0.15) is 25.5 Å². The number of benzene rings is 4. The first-order valence-electron chi connectivity index (χ1n) is 18.9. The van der Waals surface area contributed by atoms with E-state index in [-0.39, 0.29) is 11.1 Å². The van der Waals surface area contributed by atoms with Crippen LogP contribution in [0.4, 0.5) is 0 Å². The zero-order chi connectivity index (χ0) is 38.4. The van der Waals surface area contributed by atoms with Crippen LogP contribution in [0.15, 0.2) is 107 Å². The molecule has 288 valence electrons. The molecule has 2 fully saturated rings. The molecule has 0 aliphatic carbocycles. The van der Waals surface area contributed by atoms with Gasteiger partial charge in [-0.05, 0) is 62.4 Å². The van der Waals surface area contributed by atoms with Gasteiger partial charge in [0, 0.05) is 52.4 Å². The maximum absolute atomic E-state index is 13.4. The van der Waals surface area contributed by atoms with Gasteiger partial charge < -0.3 is 25.4 Å². The number of aromatic nitrogens is 4. The number of nitrogens with zero attached hydrogens (tertiary/aromatic N) is 5. The summed E-state index contributed by atoms with van der Waals surface area (Å²) in [5.41, 5.74) is 2.74. The topological polar surface area (TPSA) is 128 Å². The Morgan fingerprint density at radius 2 is 1.00 bits per heavy atom. The molecule has 2 saturated heterocycles. The minimum absolute atomic E-state index is 0.0575. The van der Waals surface area contributed by atoms with Crippen molar-refractivity contribution in [1.82, 2.24) is 40.0 Å². The molecule has 2 aliphatic heterocycles. The summed E-state index contributed by atoms with van der Waals surface area (Å²) >= 11 is 3.43. The van der Waals surface area contributed by atoms with E-state index in [1.165, 1.54) is 0 Å². The van der Waals surface area contributed by atoms with Gasteiger partial charge in [-0.2, -0.15) is 0 Å². The second-order valence-electron chi connectivity index (χ2n) is 12.8. The SMILES string of the molecule is C1CNCCN1.CCOc1ccccc1-n1c(CBr)nc2ccccc2c1=O.CCOc1ccccc1-n1c(CN2CCNCC2)nc2ccccc2c1=O. The Kier molecular flexibility index (Phi) is 14.6. The number of hydrogen-bond acceptors (Lipinski definition) is 10. The summed E-state index contributed by atoms with van der Waals surface area (Å²) < 4.78 is 14.8. The van der Waals surface area contributed by atoms with Gasteiger partial charge in [-0.25, -0.2) is 9.97 Å². The van der Waals surface area contributed by atoms with E-state index in [9.17, 15) is 9.59 Å². The maximum atomic E-state index is 13.4. The van der Waals surface area contributed by atoms with Crippen LogP contribution in [0, 0.1) is 0 Å². The normalized spacial score (nSPS) is 14.4. The van der Waals surface area contributed by atoms with Crippen LogP contribution in [-0.4, -0.2) is 89.6 Å². The van der Waals surface area contributed by atoms with Crippen LogP contribution in [0.5, 0.6) is 11.5 Å². The highest BCUT2D eigenvalue weighted by atomic mass is 79.9. The van der Waals surface area contributed by atoms with E-state index in [1.54, 1.807) is 15.2 Å². The third-order valence-corrected chi connectivity index (χ3v) is 9.66. The third-order valence-electron chi connectivity index (χ3n) is 9.15. The van der Waals surface area contributed by atoms with Crippen molar-refractivity contribution in [1.29, 1.82) is 0 Å². The highest BCUT2D eigenvalue weighted by molar-refractivity contribution is 9.08. The number of fused-ring (bicyclic) bond motifs is 2. The highest BCUT2D eigenvalue weighted by Gasteiger charge is 2.19. The molecule has 13 heteroatoms. The summed E-state index contributed by atoms with van der Waals surface area (Å²) in [6.07, 6.45) is 0. The smallest absolute Gasteiger partial charge is 0.266 e. The van der Waals surface area contributed by atoms with Crippen molar-refractivity contribution >= 4 is 37.7 Å². The quantitative estimate of drug-likeness (QED) is 0.171. The molecule has 2 aromatic heterocycles. The lowest BCUT2D eigenvalue weighted by Crippen LogP contribution is -2.44. The number of halogens is 1. The predicted octanol–water partition coefficient (Wildman–Crippen LogP) is 5.05. The molecule has 0 amide bonds. The van der Waals surface area contributed by atoms with E-state index in [4.69, 9.17) is 14.5 Å². The molecule has 4 heterocycles. The molecular formula is C42H49BrN8O4. The van der Waals surface area contributed by atoms with Crippen molar-refractivity contribution < 1.29 is 9.47 Å². The molecule has 0 unspecified atom stereocenters. The van der Waals surface area contributed by atoms with Crippen LogP contribution in [0.2, 0.25) is 0 Å². The number of nitrogens with one attached hydrogen (secondary N) is 3. The molecule has 55 heavy (non-hydrogen) atoms. The molecule has 0 spiro atoms. The average Bonchev–Trinajstić information content (AvgIpc) is 3.23. The van der Waals surface area contributed by atoms with Crippen LogP contribution >= 0.6 is 15.9 Å². The molecule has 12 nitrogen and oxygen atoms in total. The zero-order valence-corrected chi connectivity index (χ0v) is 33.1. The Bertz CT molecular complexity index is 2270. The molecule has 0 atom stereocenters. The maximum Gasteiger partial charge on any atom is 0.266 e. The van der Waals surface area contributed by atoms with Gasteiger partial charge in [0.05, 0.1) is 58.3 Å². The number of hydrogen-bond donors (Lipinski definition) is 3. The molecule has 8 rings (SSSR count). The molecule has 4 aromatic carbocycles. The second kappa shape index (κ2) is 20.1. The fraction of sp³-hybridized carbons (Fsp3) is 0.333. The van der Waals surface area contributed by atoms with Gasteiger partial charge in [-0.15, -0.1) is 0 Å². The molecular weight excluding hydrogens is 760 g/mol. The van der Waals surface area contributed by atoms with Crippen molar-refractivity contribution in [3.8, 4) is 22.9 Å². The summed E-state index contributed by atoms with van der Waals surface area (Å²) in [6, 6.07) is 30.1. The van der Waals surface area contributed by atoms with E-state index < -0.39 is 0 Å². The van der Waals surface area contributed by atoms with Gasteiger partial charge in [0.1, 0.15) is 23.1 Å². The van der Waals surface area contributed by atoms with Crippen LogP contribution in [0.25, 0.3) is 33.2 Å². The van der Waals surface area contributed by atoms with Gasteiger partial charge in [0.2, 0.25) is 0 Å². The zero-order valence-electron chi connectivity index (χ0n) is 31.5. The predicted molar refractivity (Wildman–Crippen MR) is 224 cm³/mol. The Hall–Kier alpha value is -4.92. The summed E-state index contributed by atoms with van der Waals surface area (Å²) in [7, 11) is 0. The Morgan fingerprint density at radius 3 is 1.47 bits per heavy atom. The fourth-order valence-corrected chi connectivity index (χ4v) is 6.94. The summed E-state index contributed by atoms with van der Waals surface area (Å²) in [4.78, 5) is 38.1. The Labute approximate surface area is 329 Å². The monoisotopic (exact) mass is 808 g/mol. The second-order valence-corrected chi connectivity index (χ2v) is 13.4. The standard InChI is InChI=1S/C21H24N4O2.C17H15BrN2O2.C4H10N2/c1-2-27-19-10-6-5-9-18(19)25-20(15-24-13-11-22-12-14-24)23-17-8-4-3-7-16(17)21(25)26;1-2-22-15-10-6-5-9-14(15)20-16(11-18)19-13-8-4-3-7-12(13)17(20)21;1-2-6-4-3-5-1/h3-10,22H,2,11-15H2,1H3;3-10H,2,11H2,1H3;5-6H,1-4H2. The number of piperazine rings is 2. The van der Waals surface area contributed by atoms with E-state index in [0.29, 0.717) is 64.4 Å². The highest BCUT2D eigenvalue weighted by Crippen LogP contribution is 2.25. The summed E-state index contributed by atoms with van der Waals surface area (Å²) in [5.74, 6) is 2.76. The minimum Gasteiger partial charge on any atom is -0.492 e. The van der Waals surface area contributed by atoms with Gasteiger partial charge >= 0.3 is 0 Å². The summed E-state index contributed by atoms with van der Waals surface area (Å²) in [6.45, 7) is 13.9. The molecule has 0 radical (unpaired) electrons. The first kappa shape index (κ1) is 39.8. The number of ether oxygens (including phenoxy) is 2. The van der Waals surface area contributed by atoms with Crippen LogP contribution in [0.3, 0.4) is 0 Å². The van der Waals surface area contributed by atoms with Crippen molar-refractivity contribution in [2.24, 2.45) is 0 Å². The van der Waals surface area contributed by atoms with E-state index >= 15 is 0 Å². The Balaban J connectivity index is 0.000000165. The first-order chi connectivity index (χ1) is 27.0. The first-order valence-corrected chi connectivity index (χ1v) is 20.0. The van der Waals surface area contributed by atoms with Gasteiger partial charge in [0.15, 0.2) is 0 Å². The van der Waals surface area contributed by atoms with Crippen LogP contribution < -0.4 is 36.5 Å². The molecule has 2 aliphatic rings. The molecule has 3 N–H and O–H groups in total. The number of para-hydroxylation sites is 6. The fourth-order valence-electron chi connectivity index (χ4n) is 6.56. The lowest BCUT2D eigenvalue weighted by atomic mass is 10.2. The van der Waals surface area contributed by atoms with E-state index in [1.807, 2.05) is 105 Å². The minimum atomic E-state index is -0.0906. The average molecular weight is 810 g/mol. The van der Waals surface area contributed by atoms with Crippen molar-refractivity contribution in [2.75, 3.05) is 65.6 Å². The molecule has 0 saturated carbocycles. The van der Waals surface area contributed by atoms with E-state index in [0.717, 1.165) is 69.4 Å². The van der Waals surface area contributed by atoms with Gasteiger partial charge in [-0.1, -0.05) is 64.5 Å². The summed E-state index contributed by atoms with van der Waals surface area (Å²) in [5, 5.41) is 11.5. The third kappa shape index (κ3) is 9.85. The van der Waals surface area contributed by atoms with Crippen LogP contribution in [-0.2, 0) is 11.9 Å². The van der Waals surface area contributed by atoms with Crippen molar-refractivity contribution in [2.45, 2.75) is 25.7 Å².